The normalized spacial score (nSPS) is 11.6. The molecule has 6 heteroatoms. The molecule has 0 spiro atoms. The Balaban J connectivity index is 2.18. The van der Waals surface area contributed by atoms with Crippen molar-refractivity contribution >= 4 is 0 Å². The van der Waals surface area contributed by atoms with Crippen molar-refractivity contribution in [1.29, 1.82) is 0 Å². The van der Waals surface area contributed by atoms with Crippen LogP contribution in [0.5, 0.6) is 5.75 Å². The van der Waals surface area contributed by atoms with Gasteiger partial charge in [0.15, 0.2) is 0 Å². The SMILES string of the molecule is CCCOCCCNCc1ccc(OC(F)(F)F)cc1. The second-order valence-electron chi connectivity index (χ2n) is 4.33. The number of benzene rings is 1. The van der Waals surface area contributed by atoms with E-state index >= 15 is 0 Å². The first-order valence-electron chi connectivity index (χ1n) is 6.64. The smallest absolute Gasteiger partial charge is 0.406 e. The fourth-order valence-corrected chi connectivity index (χ4v) is 1.59. The van der Waals surface area contributed by atoms with E-state index in [0.29, 0.717) is 6.54 Å². The summed E-state index contributed by atoms with van der Waals surface area (Å²) in [6, 6.07) is 5.85. The van der Waals surface area contributed by atoms with Crippen LogP contribution in [0.25, 0.3) is 0 Å². The van der Waals surface area contributed by atoms with E-state index in [-0.39, 0.29) is 5.75 Å². The number of rotatable bonds is 9. The largest absolute Gasteiger partial charge is 0.573 e. The summed E-state index contributed by atoms with van der Waals surface area (Å²) in [6.45, 7) is 4.98. The summed E-state index contributed by atoms with van der Waals surface area (Å²) >= 11 is 0. The lowest BCUT2D eigenvalue weighted by Crippen LogP contribution is -2.18. The van der Waals surface area contributed by atoms with Gasteiger partial charge >= 0.3 is 6.36 Å². The van der Waals surface area contributed by atoms with Crippen LogP contribution in [0.15, 0.2) is 24.3 Å². The molecular formula is C14H20F3NO2. The molecule has 0 saturated heterocycles. The average Bonchev–Trinajstić information content (AvgIpc) is 2.38. The van der Waals surface area contributed by atoms with Crippen LogP contribution in [-0.4, -0.2) is 26.1 Å². The molecule has 0 unspecified atom stereocenters. The minimum absolute atomic E-state index is 0.200. The Labute approximate surface area is 117 Å². The maximum absolute atomic E-state index is 12.0. The molecule has 20 heavy (non-hydrogen) atoms. The lowest BCUT2D eigenvalue weighted by atomic mass is 10.2. The first kappa shape index (κ1) is 16.8. The molecule has 0 bridgehead atoms. The summed E-state index contributed by atoms with van der Waals surface area (Å²) in [7, 11) is 0. The third-order valence-electron chi connectivity index (χ3n) is 2.48. The highest BCUT2D eigenvalue weighted by molar-refractivity contribution is 5.27. The van der Waals surface area contributed by atoms with Crippen LogP contribution >= 0.6 is 0 Å². The van der Waals surface area contributed by atoms with Crippen LogP contribution in [0.4, 0.5) is 13.2 Å². The molecule has 0 aliphatic rings. The Hall–Kier alpha value is -1.27. The minimum Gasteiger partial charge on any atom is -0.406 e. The van der Waals surface area contributed by atoms with Crippen molar-refractivity contribution in [1.82, 2.24) is 5.32 Å². The van der Waals surface area contributed by atoms with Gasteiger partial charge in [-0.25, -0.2) is 0 Å². The monoisotopic (exact) mass is 291 g/mol. The highest BCUT2D eigenvalue weighted by Crippen LogP contribution is 2.22. The molecule has 3 nitrogen and oxygen atoms in total. The van der Waals surface area contributed by atoms with Gasteiger partial charge in [-0.2, -0.15) is 0 Å². The Morgan fingerprint density at radius 2 is 1.80 bits per heavy atom. The first-order valence-corrected chi connectivity index (χ1v) is 6.64. The van der Waals surface area contributed by atoms with Gasteiger partial charge in [0.05, 0.1) is 0 Å². The lowest BCUT2D eigenvalue weighted by Gasteiger charge is -2.09. The summed E-state index contributed by atoms with van der Waals surface area (Å²) in [5, 5.41) is 3.20. The van der Waals surface area contributed by atoms with Crippen molar-refractivity contribution < 1.29 is 22.6 Å². The van der Waals surface area contributed by atoms with Crippen molar-refractivity contribution in [3.63, 3.8) is 0 Å². The van der Waals surface area contributed by atoms with Gasteiger partial charge in [0.1, 0.15) is 5.75 Å². The van der Waals surface area contributed by atoms with E-state index in [9.17, 15) is 13.2 Å². The fourth-order valence-electron chi connectivity index (χ4n) is 1.59. The summed E-state index contributed by atoms with van der Waals surface area (Å²) in [4.78, 5) is 0. The minimum atomic E-state index is -4.64. The zero-order valence-corrected chi connectivity index (χ0v) is 11.5. The quantitative estimate of drug-likeness (QED) is 0.706. The van der Waals surface area contributed by atoms with E-state index in [0.717, 1.165) is 38.2 Å². The molecular weight excluding hydrogens is 271 g/mol. The van der Waals surface area contributed by atoms with Crippen LogP contribution < -0.4 is 10.1 Å². The van der Waals surface area contributed by atoms with Crippen LogP contribution in [0.3, 0.4) is 0 Å². The molecule has 0 amide bonds. The summed E-state index contributed by atoms with van der Waals surface area (Å²) < 4.78 is 45.0. The Morgan fingerprint density at radius 1 is 1.10 bits per heavy atom. The molecule has 1 aromatic carbocycles. The summed E-state index contributed by atoms with van der Waals surface area (Å²) in [5.41, 5.74) is 0.911. The topological polar surface area (TPSA) is 30.5 Å². The predicted molar refractivity (Wildman–Crippen MR) is 70.6 cm³/mol. The first-order chi connectivity index (χ1) is 9.51. The van der Waals surface area contributed by atoms with Gasteiger partial charge < -0.3 is 14.8 Å². The van der Waals surface area contributed by atoms with E-state index in [1.807, 2.05) is 0 Å². The fraction of sp³-hybridized carbons (Fsp3) is 0.571. The van der Waals surface area contributed by atoms with E-state index in [1.54, 1.807) is 12.1 Å². The van der Waals surface area contributed by atoms with Gasteiger partial charge in [-0.05, 0) is 37.1 Å². The zero-order valence-electron chi connectivity index (χ0n) is 11.5. The van der Waals surface area contributed by atoms with Crippen LogP contribution in [0.1, 0.15) is 25.3 Å². The number of alkyl halides is 3. The number of hydrogen-bond acceptors (Lipinski definition) is 3. The van der Waals surface area contributed by atoms with E-state index < -0.39 is 6.36 Å². The van der Waals surface area contributed by atoms with Crippen LogP contribution in [0.2, 0.25) is 0 Å². The molecule has 114 valence electrons. The third kappa shape index (κ3) is 8.01. The molecule has 1 aromatic rings. The van der Waals surface area contributed by atoms with Gasteiger partial charge in [-0.1, -0.05) is 19.1 Å². The van der Waals surface area contributed by atoms with Gasteiger partial charge in [-0.15, -0.1) is 13.2 Å². The molecule has 0 atom stereocenters. The van der Waals surface area contributed by atoms with Gasteiger partial charge in [0, 0.05) is 19.8 Å². The molecule has 1 rings (SSSR count). The second-order valence-corrected chi connectivity index (χ2v) is 4.33. The van der Waals surface area contributed by atoms with Gasteiger partial charge in [0.25, 0.3) is 0 Å². The molecule has 0 aliphatic carbocycles. The van der Waals surface area contributed by atoms with Gasteiger partial charge in [-0.3, -0.25) is 0 Å². The van der Waals surface area contributed by atoms with Crippen molar-refractivity contribution in [2.24, 2.45) is 0 Å². The molecule has 0 aliphatic heterocycles. The van der Waals surface area contributed by atoms with Crippen molar-refractivity contribution in [2.75, 3.05) is 19.8 Å². The van der Waals surface area contributed by atoms with E-state index in [2.05, 4.69) is 17.0 Å². The Morgan fingerprint density at radius 3 is 2.40 bits per heavy atom. The highest BCUT2D eigenvalue weighted by Gasteiger charge is 2.30. The van der Waals surface area contributed by atoms with E-state index in [4.69, 9.17) is 4.74 Å². The molecule has 0 heterocycles. The average molecular weight is 291 g/mol. The summed E-state index contributed by atoms with van der Waals surface area (Å²) in [5.74, 6) is -0.200. The molecule has 0 saturated carbocycles. The van der Waals surface area contributed by atoms with Crippen LogP contribution in [-0.2, 0) is 11.3 Å². The molecule has 1 N–H and O–H groups in total. The standard InChI is InChI=1S/C14H20F3NO2/c1-2-9-19-10-3-8-18-11-12-4-6-13(7-5-12)20-14(15,16)17/h4-7,18H,2-3,8-11H2,1H3. The number of hydrogen-bond donors (Lipinski definition) is 1. The zero-order chi connectivity index (χ0) is 14.8. The lowest BCUT2D eigenvalue weighted by molar-refractivity contribution is -0.274. The maximum atomic E-state index is 12.0. The number of nitrogens with one attached hydrogen (secondary N) is 1. The van der Waals surface area contributed by atoms with Crippen LogP contribution in [0, 0.1) is 0 Å². The molecule has 0 radical (unpaired) electrons. The van der Waals surface area contributed by atoms with E-state index in [1.165, 1.54) is 12.1 Å². The third-order valence-corrected chi connectivity index (χ3v) is 2.48. The highest BCUT2D eigenvalue weighted by atomic mass is 19.4. The maximum Gasteiger partial charge on any atom is 0.573 e. The molecule has 0 fully saturated rings. The Kier molecular flexibility index (Phi) is 7.40. The number of halogens is 3. The summed E-state index contributed by atoms with van der Waals surface area (Å²) in [6.07, 6.45) is -2.71. The number of ether oxygens (including phenoxy) is 2. The van der Waals surface area contributed by atoms with Crippen molar-refractivity contribution in [3.05, 3.63) is 29.8 Å². The Bertz CT molecular complexity index is 366. The molecule has 0 aromatic heterocycles. The second kappa shape index (κ2) is 8.81. The van der Waals surface area contributed by atoms with Crippen molar-refractivity contribution in [2.45, 2.75) is 32.7 Å². The predicted octanol–water partition coefficient (Wildman–Crippen LogP) is 3.49. The van der Waals surface area contributed by atoms with Crippen molar-refractivity contribution in [3.8, 4) is 5.75 Å². The van der Waals surface area contributed by atoms with Gasteiger partial charge in [0.2, 0.25) is 0 Å².